The Morgan fingerprint density at radius 2 is 2.00 bits per heavy atom. The van der Waals surface area contributed by atoms with Crippen molar-refractivity contribution >= 4 is 0 Å². The third-order valence-corrected chi connectivity index (χ3v) is 1.46. The van der Waals surface area contributed by atoms with Gasteiger partial charge in [0.2, 0.25) is 0 Å². The van der Waals surface area contributed by atoms with Gasteiger partial charge in [0.1, 0.15) is 11.3 Å². The molecule has 0 aliphatic rings. The molecule has 0 unspecified atom stereocenters. The van der Waals surface area contributed by atoms with Gasteiger partial charge < -0.3 is 4.74 Å². The lowest BCUT2D eigenvalue weighted by molar-refractivity contribution is -0.139. The number of hydrogen-bond acceptors (Lipinski definition) is 1. The molecule has 77 valence electrons. The third kappa shape index (κ3) is 2.65. The average Bonchev–Trinajstić information content (AvgIpc) is 2.01. The van der Waals surface area contributed by atoms with Crippen LogP contribution >= 0.6 is 0 Å². The Hall–Kier alpha value is -1.19. The summed E-state index contributed by atoms with van der Waals surface area (Å²) in [6.07, 6.45) is -4.70. The van der Waals surface area contributed by atoms with E-state index in [0.29, 0.717) is 0 Å². The lowest BCUT2D eigenvalue weighted by atomic mass is 10.2. The van der Waals surface area contributed by atoms with Crippen molar-refractivity contribution in [2.75, 3.05) is 0 Å². The zero-order chi connectivity index (χ0) is 10.8. The van der Waals surface area contributed by atoms with Crippen LogP contribution in [-0.2, 0) is 6.18 Å². The standard InChI is InChI=1S/C10H10F3O/c1-7(2)14-9-6-4-3-5-8(9)10(11,12)13/h3-4,6-7H,1-2H3. The van der Waals surface area contributed by atoms with Crippen molar-refractivity contribution in [1.29, 1.82) is 0 Å². The fraction of sp³-hybridized carbons (Fsp3) is 0.400. The number of ether oxygens (including phenoxy) is 1. The molecule has 1 aromatic rings. The SMILES string of the molecule is CC(C)Oc1ccc[c]c1C(F)(F)F. The lowest BCUT2D eigenvalue weighted by Gasteiger charge is -2.15. The van der Waals surface area contributed by atoms with E-state index in [9.17, 15) is 13.2 Å². The Balaban J connectivity index is 3.04. The van der Waals surface area contributed by atoms with Crippen LogP contribution in [0.15, 0.2) is 18.2 Å². The number of rotatable bonds is 2. The van der Waals surface area contributed by atoms with Gasteiger partial charge in [-0.2, -0.15) is 13.2 Å². The van der Waals surface area contributed by atoms with E-state index in [2.05, 4.69) is 6.07 Å². The number of benzene rings is 1. The molecular formula is C10H10F3O. The minimum Gasteiger partial charge on any atom is -0.490 e. The van der Waals surface area contributed by atoms with Gasteiger partial charge in [-0.25, -0.2) is 0 Å². The minimum absolute atomic E-state index is 0.171. The van der Waals surface area contributed by atoms with Gasteiger partial charge in [-0.05, 0) is 26.0 Å². The van der Waals surface area contributed by atoms with E-state index in [1.807, 2.05) is 0 Å². The second-order valence-electron chi connectivity index (χ2n) is 3.07. The van der Waals surface area contributed by atoms with E-state index in [4.69, 9.17) is 4.74 Å². The molecule has 1 aromatic carbocycles. The van der Waals surface area contributed by atoms with Gasteiger partial charge in [0.05, 0.1) is 6.10 Å². The van der Waals surface area contributed by atoms with E-state index >= 15 is 0 Å². The van der Waals surface area contributed by atoms with Crippen LogP contribution in [0.4, 0.5) is 13.2 Å². The van der Waals surface area contributed by atoms with Gasteiger partial charge in [0.25, 0.3) is 0 Å². The zero-order valence-corrected chi connectivity index (χ0v) is 7.85. The maximum atomic E-state index is 12.4. The average molecular weight is 203 g/mol. The van der Waals surface area contributed by atoms with Crippen LogP contribution < -0.4 is 4.74 Å². The molecule has 0 bridgehead atoms. The van der Waals surface area contributed by atoms with E-state index in [1.54, 1.807) is 13.8 Å². The highest BCUT2D eigenvalue weighted by molar-refractivity contribution is 5.34. The van der Waals surface area contributed by atoms with Gasteiger partial charge in [-0.15, -0.1) is 0 Å². The summed E-state index contributed by atoms with van der Waals surface area (Å²) in [4.78, 5) is 0. The second kappa shape index (κ2) is 3.90. The first-order valence-corrected chi connectivity index (χ1v) is 4.16. The fourth-order valence-electron chi connectivity index (χ4n) is 0.995. The highest BCUT2D eigenvalue weighted by Gasteiger charge is 2.34. The van der Waals surface area contributed by atoms with Crippen molar-refractivity contribution in [1.82, 2.24) is 0 Å². The van der Waals surface area contributed by atoms with Crippen LogP contribution in [0.25, 0.3) is 0 Å². The molecule has 0 aliphatic heterocycles. The summed E-state index contributed by atoms with van der Waals surface area (Å²) in [6.45, 7) is 3.35. The molecule has 0 N–H and O–H groups in total. The zero-order valence-electron chi connectivity index (χ0n) is 7.85. The quantitative estimate of drug-likeness (QED) is 0.716. The van der Waals surface area contributed by atoms with Crippen molar-refractivity contribution in [3.8, 4) is 5.75 Å². The number of alkyl halides is 3. The molecule has 4 heteroatoms. The molecule has 0 heterocycles. The predicted molar refractivity (Wildman–Crippen MR) is 46.0 cm³/mol. The maximum Gasteiger partial charge on any atom is 0.420 e. The fourth-order valence-corrected chi connectivity index (χ4v) is 0.995. The summed E-state index contributed by atoms with van der Waals surface area (Å²) in [5.74, 6) is -0.171. The Morgan fingerprint density at radius 1 is 1.36 bits per heavy atom. The second-order valence-corrected chi connectivity index (χ2v) is 3.07. The van der Waals surface area contributed by atoms with Crippen molar-refractivity contribution in [3.05, 3.63) is 29.8 Å². The monoisotopic (exact) mass is 203 g/mol. The first-order chi connectivity index (χ1) is 6.41. The van der Waals surface area contributed by atoms with Crippen LogP contribution in [0.3, 0.4) is 0 Å². The van der Waals surface area contributed by atoms with Gasteiger partial charge in [-0.3, -0.25) is 0 Å². The first kappa shape index (κ1) is 10.9. The molecular weight excluding hydrogens is 193 g/mol. The van der Waals surface area contributed by atoms with Gasteiger partial charge >= 0.3 is 6.18 Å². The molecule has 0 fully saturated rings. The van der Waals surface area contributed by atoms with Gasteiger partial charge in [-0.1, -0.05) is 12.1 Å². The van der Waals surface area contributed by atoms with Crippen molar-refractivity contribution in [2.45, 2.75) is 26.1 Å². The Kier molecular flexibility index (Phi) is 3.03. The molecule has 0 atom stereocenters. The van der Waals surface area contributed by atoms with Crippen LogP contribution in [0.1, 0.15) is 19.4 Å². The van der Waals surface area contributed by atoms with E-state index < -0.39 is 11.7 Å². The molecule has 0 spiro atoms. The highest BCUT2D eigenvalue weighted by Crippen LogP contribution is 2.35. The Bertz CT molecular complexity index is 304. The van der Waals surface area contributed by atoms with Crippen LogP contribution in [-0.4, -0.2) is 6.10 Å². The smallest absolute Gasteiger partial charge is 0.420 e. The van der Waals surface area contributed by atoms with Crippen LogP contribution in [0.2, 0.25) is 0 Å². The number of halogens is 3. The molecule has 0 aliphatic carbocycles. The maximum absolute atomic E-state index is 12.4. The summed E-state index contributed by atoms with van der Waals surface area (Å²) in [6, 6.07) is 6.11. The minimum atomic E-state index is -4.41. The topological polar surface area (TPSA) is 9.23 Å². The van der Waals surface area contributed by atoms with Crippen LogP contribution in [0.5, 0.6) is 5.75 Å². The Morgan fingerprint density at radius 3 is 2.50 bits per heavy atom. The van der Waals surface area contributed by atoms with E-state index in [0.717, 1.165) is 0 Å². The van der Waals surface area contributed by atoms with Gasteiger partial charge in [0, 0.05) is 0 Å². The molecule has 0 aromatic heterocycles. The summed E-state index contributed by atoms with van der Waals surface area (Å²) < 4.78 is 42.2. The van der Waals surface area contributed by atoms with Crippen molar-refractivity contribution in [3.63, 3.8) is 0 Å². The summed E-state index contributed by atoms with van der Waals surface area (Å²) in [5, 5.41) is 0. The summed E-state index contributed by atoms with van der Waals surface area (Å²) in [5.41, 5.74) is -0.853. The molecule has 1 nitrogen and oxygen atoms in total. The van der Waals surface area contributed by atoms with Crippen LogP contribution in [0, 0.1) is 6.07 Å². The highest BCUT2D eigenvalue weighted by atomic mass is 19.4. The summed E-state index contributed by atoms with van der Waals surface area (Å²) >= 11 is 0. The lowest BCUT2D eigenvalue weighted by Crippen LogP contribution is -2.12. The molecule has 1 radical (unpaired) electrons. The molecule has 0 amide bonds. The van der Waals surface area contributed by atoms with Gasteiger partial charge in [0.15, 0.2) is 0 Å². The number of hydrogen-bond donors (Lipinski definition) is 0. The molecule has 14 heavy (non-hydrogen) atoms. The van der Waals surface area contributed by atoms with Crippen molar-refractivity contribution < 1.29 is 17.9 Å². The third-order valence-electron chi connectivity index (χ3n) is 1.46. The van der Waals surface area contributed by atoms with Crippen molar-refractivity contribution in [2.24, 2.45) is 0 Å². The molecule has 0 saturated heterocycles. The van der Waals surface area contributed by atoms with E-state index in [-0.39, 0.29) is 11.9 Å². The molecule has 1 rings (SSSR count). The molecule has 0 saturated carbocycles. The van der Waals surface area contributed by atoms with E-state index in [1.165, 1.54) is 18.2 Å². The predicted octanol–water partition coefficient (Wildman–Crippen LogP) is 3.29. The first-order valence-electron chi connectivity index (χ1n) is 4.16. The summed E-state index contributed by atoms with van der Waals surface area (Å²) in [7, 11) is 0. The Labute approximate surface area is 80.5 Å². The normalized spacial score (nSPS) is 11.9. The largest absolute Gasteiger partial charge is 0.490 e.